The van der Waals surface area contributed by atoms with Crippen LogP contribution in [0.2, 0.25) is 0 Å². The normalized spacial score (nSPS) is 15.7. The maximum Gasteiger partial charge on any atom is 0.0575 e. The van der Waals surface area contributed by atoms with E-state index in [1.54, 1.807) is 0 Å². The summed E-state index contributed by atoms with van der Waals surface area (Å²) < 4.78 is 0. The molecule has 0 aliphatic heterocycles. The second kappa shape index (κ2) is 8.52. The molecule has 0 heterocycles. The molecule has 0 aromatic rings. The predicted octanol–water partition coefficient (Wildman–Crippen LogP) is 2.49. The molecule has 80 valence electrons. The summed E-state index contributed by atoms with van der Waals surface area (Å²) in [6.07, 6.45) is 6.41. The van der Waals surface area contributed by atoms with Crippen LogP contribution in [0, 0.1) is 5.92 Å². The minimum Gasteiger partial charge on any atom is -0.316 e. The predicted molar refractivity (Wildman–Crippen MR) is 59.6 cm³/mol. The zero-order valence-electron chi connectivity index (χ0n) is 9.47. The van der Waals surface area contributed by atoms with Crippen LogP contribution in [-0.2, 0) is 0 Å². The first-order chi connectivity index (χ1) is 6.26. The van der Waals surface area contributed by atoms with Gasteiger partial charge in [0.25, 0.3) is 0 Å². The van der Waals surface area contributed by atoms with E-state index in [0.717, 1.165) is 13.0 Å². The first-order valence-electron chi connectivity index (χ1n) is 5.75. The van der Waals surface area contributed by atoms with Crippen molar-refractivity contribution in [2.45, 2.75) is 59.0 Å². The summed E-state index contributed by atoms with van der Waals surface area (Å²) in [6, 6.07) is 0. The monoisotopic (exact) mass is 186 g/mol. The van der Waals surface area contributed by atoms with Crippen LogP contribution in [0.25, 0.3) is 0 Å². The van der Waals surface area contributed by atoms with Gasteiger partial charge in [0, 0.05) is 0 Å². The van der Waals surface area contributed by atoms with Gasteiger partial charge in [-0.05, 0) is 25.3 Å². The second-order valence-electron chi connectivity index (χ2n) is 3.79. The molecule has 0 spiro atoms. The van der Waals surface area contributed by atoms with Crippen molar-refractivity contribution >= 4 is 0 Å². The van der Waals surface area contributed by atoms with Crippen LogP contribution in [0.1, 0.15) is 52.9 Å². The quantitative estimate of drug-likeness (QED) is 0.572. The molecule has 0 bridgehead atoms. The number of rotatable bonds is 8. The lowest BCUT2D eigenvalue weighted by Gasteiger charge is -2.23. The molecule has 0 fully saturated rings. The third kappa shape index (κ3) is 6.05. The Kier molecular flexibility index (Phi) is 8.46. The standard InChI is InChI=1S/C11H26N2/c1-4-7-8-10(6-3)11(12)13-9-5-2/h10-11,13H,4-9,12H2,1-3H3. The van der Waals surface area contributed by atoms with Crippen molar-refractivity contribution < 1.29 is 0 Å². The topological polar surface area (TPSA) is 38.0 Å². The Morgan fingerprint density at radius 1 is 1.15 bits per heavy atom. The number of hydrogen-bond acceptors (Lipinski definition) is 2. The summed E-state index contributed by atoms with van der Waals surface area (Å²) in [5.41, 5.74) is 6.04. The lowest BCUT2D eigenvalue weighted by Crippen LogP contribution is -2.43. The fraction of sp³-hybridized carbons (Fsp3) is 1.00. The van der Waals surface area contributed by atoms with E-state index in [4.69, 9.17) is 5.73 Å². The van der Waals surface area contributed by atoms with E-state index in [9.17, 15) is 0 Å². The summed E-state index contributed by atoms with van der Waals surface area (Å²) in [5, 5.41) is 3.37. The summed E-state index contributed by atoms with van der Waals surface area (Å²) in [6.45, 7) is 7.68. The van der Waals surface area contributed by atoms with Gasteiger partial charge in [-0.2, -0.15) is 0 Å². The molecule has 0 radical (unpaired) electrons. The largest absolute Gasteiger partial charge is 0.316 e. The fourth-order valence-corrected chi connectivity index (χ4v) is 1.58. The summed E-state index contributed by atoms with van der Waals surface area (Å²) in [4.78, 5) is 0. The summed E-state index contributed by atoms with van der Waals surface area (Å²) in [7, 11) is 0. The molecule has 3 N–H and O–H groups in total. The van der Waals surface area contributed by atoms with E-state index in [-0.39, 0.29) is 6.17 Å². The van der Waals surface area contributed by atoms with Crippen molar-refractivity contribution in [3.63, 3.8) is 0 Å². The lowest BCUT2D eigenvalue weighted by atomic mass is 9.96. The van der Waals surface area contributed by atoms with Gasteiger partial charge in [-0.25, -0.2) is 0 Å². The molecule has 2 nitrogen and oxygen atoms in total. The van der Waals surface area contributed by atoms with Crippen LogP contribution in [0.4, 0.5) is 0 Å². The molecule has 2 unspecified atom stereocenters. The highest BCUT2D eigenvalue weighted by molar-refractivity contribution is 4.69. The number of nitrogens with two attached hydrogens (primary N) is 1. The third-order valence-electron chi connectivity index (χ3n) is 2.59. The van der Waals surface area contributed by atoms with Gasteiger partial charge in [0.05, 0.1) is 6.17 Å². The average molecular weight is 186 g/mol. The van der Waals surface area contributed by atoms with Crippen LogP contribution < -0.4 is 11.1 Å². The van der Waals surface area contributed by atoms with Gasteiger partial charge in [-0.15, -0.1) is 0 Å². The Balaban J connectivity index is 3.63. The molecule has 0 saturated carbocycles. The maximum atomic E-state index is 6.04. The number of unbranched alkanes of at least 4 members (excludes halogenated alkanes) is 1. The van der Waals surface area contributed by atoms with Gasteiger partial charge in [-0.1, -0.05) is 40.0 Å². The molecule has 0 aliphatic carbocycles. The van der Waals surface area contributed by atoms with E-state index < -0.39 is 0 Å². The van der Waals surface area contributed by atoms with Crippen LogP contribution in [0.15, 0.2) is 0 Å². The Bertz CT molecular complexity index is 104. The summed E-state index contributed by atoms with van der Waals surface area (Å²) in [5.74, 6) is 0.659. The van der Waals surface area contributed by atoms with Crippen LogP contribution in [0.5, 0.6) is 0 Å². The smallest absolute Gasteiger partial charge is 0.0575 e. The van der Waals surface area contributed by atoms with E-state index in [2.05, 4.69) is 26.1 Å². The van der Waals surface area contributed by atoms with Gasteiger partial charge < -0.3 is 11.1 Å². The molecular formula is C11H26N2. The van der Waals surface area contributed by atoms with Crippen molar-refractivity contribution in [1.29, 1.82) is 0 Å². The minimum atomic E-state index is 0.205. The van der Waals surface area contributed by atoms with Crippen molar-refractivity contribution in [1.82, 2.24) is 5.32 Å². The SMILES string of the molecule is CCCCC(CC)C(N)NCCC. The van der Waals surface area contributed by atoms with E-state index in [1.165, 1.54) is 25.7 Å². The van der Waals surface area contributed by atoms with Crippen LogP contribution >= 0.6 is 0 Å². The van der Waals surface area contributed by atoms with E-state index in [1.807, 2.05) is 0 Å². The van der Waals surface area contributed by atoms with Crippen molar-refractivity contribution in [3.05, 3.63) is 0 Å². The highest BCUT2D eigenvalue weighted by atomic mass is 15.0. The van der Waals surface area contributed by atoms with E-state index in [0.29, 0.717) is 5.92 Å². The molecule has 0 amide bonds. The third-order valence-corrected chi connectivity index (χ3v) is 2.59. The molecular weight excluding hydrogens is 160 g/mol. The minimum absolute atomic E-state index is 0.205. The molecule has 0 aromatic heterocycles. The molecule has 0 aliphatic rings. The highest BCUT2D eigenvalue weighted by Crippen LogP contribution is 2.14. The van der Waals surface area contributed by atoms with E-state index >= 15 is 0 Å². The molecule has 13 heavy (non-hydrogen) atoms. The second-order valence-corrected chi connectivity index (χ2v) is 3.79. The van der Waals surface area contributed by atoms with Gasteiger partial charge in [0.1, 0.15) is 0 Å². The molecule has 2 atom stereocenters. The molecule has 0 rings (SSSR count). The lowest BCUT2D eigenvalue weighted by molar-refractivity contribution is 0.324. The molecule has 0 saturated heterocycles. The first-order valence-corrected chi connectivity index (χ1v) is 5.75. The molecule has 0 aromatic carbocycles. The Hall–Kier alpha value is -0.0800. The number of hydrogen-bond donors (Lipinski definition) is 2. The first kappa shape index (κ1) is 12.9. The van der Waals surface area contributed by atoms with Crippen LogP contribution in [0.3, 0.4) is 0 Å². The number of nitrogens with one attached hydrogen (secondary N) is 1. The zero-order chi connectivity index (χ0) is 10.1. The van der Waals surface area contributed by atoms with Crippen LogP contribution in [-0.4, -0.2) is 12.7 Å². The average Bonchev–Trinajstić information content (AvgIpc) is 2.16. The highest BCUT2D eigenvalue weighted by Gasteiger charge is 2.13. The Morgan fingerprint density at radius 3 is 2.31 bits per heavy atom. The molecule has 2 heteroatoms. The van der Waals surface area contributed by atoms with Crippen molar-refractivity contribution in [3.8, 4) is 0 Å². The van der Waals surface area contributed by atoms with Crippen molar-refractivity contribution in [2.75, 3.05) is 6.54 Å². The zero-order valence-corrected chi connectivity index (χ0v) is 9.47. The van der Waals surface area contributed by atoms with Crippen molar-refractivity contribution in [2.24, 2.45) is 11.7 Å². The van der Waals surface area contributed by atoms with Gasteiger partial charge >= 0.3 is 0 Å². The Labute approximate surface area is 83.3 Å². The summed E-state index contributed by atoms with van der Waals surface area (Å²) >= 11 is 0. The fourth-order valence-electron chi connectivity index (χ4n) is 1.58. The van der Waals surface area contributed by atoms with Gasteiger partial charge in [0.15, 0.2) is 0 Å². The van der Waals surface area contributed by atoms with Gasteiger partial charge in [-0.3, -0.25) is 0 Å². The maximum absolute atomic E-state index is 6.04. The Morgan fingerprint density at radius 2 is 1.85 bits per heavy atom. The van der Waals surface area contributed by atoms with Gasteiger partial charge in [0.2, 0.25) is 0 Å².